The molecule has 130 valence electrons. The summed E-state index contributed by atoms with van der Waals surface area (Å²) in [5, 5.41) is 5.04. The van der Waals surface area contributed by atoms with E-state index in [0.29, 0.717) is 18.2 Å². The zero-order valence-electron chi connectivity index (χ0n) is 13.3. The fourth-order valence-electron chi connectivity index (χ4n) is 2.53. The Morgan fingerprint density at radius 2 is 2.08 bits per heavy atom. The molecule has 0 unspecified atom stereocenters. The predicted octanol–water partition coefficient (Wildman–Crippen LogP) is 1.46. The third kappa shape index (κ3) is 3.82. The molecule has 1 fully saturated rings. The molecule has 1 aliphatic rings. The number of nitrogens with zero attached hydrogens (tertiary/aromatic N) is 4. The van der Waals surface area contributed by atoms with Crippen LogP contribution in [0.1, 0.15) is 25.0 Å². The number of imidazole rings is 1. The number of hydrogen-bond donors (Lipinski definition) is 1. The van der Waals surface area contributed by atoms with Gasteiger partial charge in [0.05, 0.1) is 12.0 Å². The molecule has 0 spiro atoms. The summed E-state index contributed by atoms with van der Waals surface area (Å²) in [6.45, 7) is 2.89. The molecule has 10 heteroatoms. The molecule has 0 aromatic carbocycles. The van der Waals surface area contributed by atoms with Gasteiger partial charge in [0.15, 0.2) is 10.2 Å². The molecule has 1 aliphatic heterocycles. The minimum atomic E-state index is -3.57. The van der Waals surface area contributed by atoms with Crippen LogP contribution in [0.5, 0.6) is 0 Å². The van der Waals surface area contributed by atoms with Gasteiger partial charge in [0.1, 0.15) is 6.54 Å². The molecule has 3 heterocycles. The van der Waals surface area contributed by atoms with E-state index in [1.165, 1.54) is 32.7 Å². The van der Waals surface area contributed by atoms with Crippen LogP contribution in [0.3, 0.4) is 0 Å². The number of piperidine rings is 1. The standard InChI is InChI=1S/C14H19N5O3S2/c1-11-9-23-14(16-11)17-12(20)7-18-8-13(15-10-18)24(21,22)19-5-3-2-4-6-19/h8-10H,2-7H2,1H3,(H,16,17,20). The van der Waals surface area contributed by atoms with Crippen molar-refractivity contribution in [1.29, 1.82) is 0 Å². The van der Waals surface area contributed by atoms with Crippen LogP contribution < -0.4 is 5.32 Å². The van der Waals surface area contributed by atoms with Crippen molar-refractivity contribution < 1.29 is 13.2 Å². The van der Waals surface area contributed by atoms with E-state index in [0.717, 1.165) is 25.0 Å². The van der Waals surface area contributed by atoms with Gasteiger partial charge in [-0.25, -0.2) is 18.4 Å². The highest BCUT2D eigenvalue weighted by Crippen LogP contribution is 2.19. The lowest BCUT2D eigenvalue weighted by Gasteiger charge is -2.24. The van der Waals surface area contributed by atoms with Crippen LogP contribution in [0, 0.1) is 6.92 Å². The molecular formula is C14H19N5O3S2. The summed E-state index contributed by atoms with van der Waals surface area (Å²) in [5.74, 6) is -0.274. The molecule has 8 nitrogen and oxygen atoms in total. The van der Waals surface area contributed by atoms with Crippen LogP contribution in [0.2, 0.25) is 0 Å². The van der Waals surface area contributed by atoms with Crippen molar-refractivity contribution in [2.75, 3.05) is 18.4 Å². The largest absolute Gasteiger partial charge is 0.327 e. The zero-order chi connectivity index (χ0) is 17.2. The Labute approximate surface area is 144 Å². The van der Waals surface area contributed by atoms with Crippen molar-refractivity contribution in [2.45, 2.75) is 37.8 Å². The quantitative estimate of drug-likeness (QED) is 0.860. The molecule has 2 aromatic heterocycles. The fourth-order valence-corrected chi connectivity index (χ4v) is 4.69. The average Bonchev–Trinajstić information content (AvgIpc) is 3.18. The van der Waals surface area contributed by atoms with E-state index in [4.69, 9.17) is 0 Å². The number of nitrogens with one attached hydrogen (secondary N) is 1. The second kappa shape index (κ2) is 6.99. The van der Waals surface area contributed by atoms with Gasteiger partial charge < -0.3 is 9.88 Å². The lowest BCUT2D eigenvalue weighted by molar-refractivity contribution is -0.116. The van der Waals surface area contributed by atoms with Gasteiger partial charge >= 0.3 is 0 Å². The van der Waals surface area contributed by atoms with Gasteiger partial charge in [-0.1, -0.05) is 6.42 Å². The summed E-state index contributed by atoms with van der Waals surface area (Å²) in [7, 11) is -3.57. The van der Waals surface area contributed by atoms with Crippen LogP contribution >= 0.6 is 11.3 Å². The molecule has 0 saturated carbocycles. The van der Waals surface area contributed by atoms with E-state index in [1.54, 1.807) is 0 Å². The highest BCUT2D eigenvalue weighted by molar-refractivity contribution is 7.89. The van der Waals surface area contributed by atoms with E-state index in [1.807, 2.05) is 12.3 Å². The molecule has 0 radical (unpaired) electrons. The number of anilines is 1. The Morgan fingerprint density at radius 3 is 2.75 bits per heavy atom. The van der Waals surface area contributed by atoms with Crippen molar-refractivity contribution in [3.8, 4) is 0 Å². The summed E-state index contributed by atoms with van der Waals surface area (Å²) in [6, 6.07) is 0. The number of rotatable bonds is 5. The maximum atomic E-state index is 12.5. The van der Waals surface area contributed by atoms with E-state index in [2.05, 4.69) is 15.3 Å². The van der Waals surface area contributed by atoms with Gasteiger partial charge in [0.25, 0.3) is 10.0 Å². The highest BCUT2D eigenvalue weighted by Gasteiger charge is 2.28. The molecule has 1 N–H and O–H groups in total. The lowest BCUT2D eigenvalue weighted by atomic mass is 10.2. The summed E-state index contributed by atoms with van der Waals surface area (Å²) < 4.78 is 28.0. The minimum Gasteiger partial charge on any atom is -0.327 e. The maximum Gasteiger partial charge on any atom is 0.262 e. The summed E-state index contributed by atoms with van der Waals surface area (Å²) in [4.78, 5) is 20.1. The van der Waals surface area contributed by atoms with Crippen LogP contribution in [0.25, 0.3) is 0 Å². The molecule has 0 atom stereocenters. The first-order chi connectivity index (χ1) is 11.4. The number of hydrogen-bond acceptors (Lipinski definition) is 6. The van der Waals surface area contributed by atoms with Crippen molar-refractivity contribution in [3.63, 3.8) is 0 Å². The third-order valence-electron chi connectivity index (χ3n) is 3.72. The van der Waals surface area contributed by atoms with Crippen molar-refractivity contribution in [3.05, 3.63) is 23.6 Å². The average molecular weight is 369 g/mol. The second-order valence-electron chi connectivity index (χ2n) is 5.69. The first kappa shape index (κ1) is 17.1. The molecule has 1 amide bonds. The highest BCUT2D eigenvalue weighted by atomic mass is 32.2. The molecular weight excluding hydrogens is 350 g/mol. The third-order valence-corrected chi connectivity index (χ3v) is 6.38. The monoisotopic (exact) mass is 369 g/mol. The predicted molar refractivity (Wildman–Crippen MR) is 90.3 cm³/mol. The lowest BCUT2D eigenvalue weighted by Crippen LogP contribution is -2.35. The number of amides is 1. The van der Waals surface area contributed by atoms with E-state index in [9.17, 15) is 13.2 Å². The molecule has 1 saturated heterocycles. The number of aryl methyl sites for hydroxylation is 1. The molecule has 0 aliphatic carbocycles. The summed E-state index contributed by atoms with van der Waals surface area (Å²) in [5.41, 5.74) is 0.841. The smallest absolute Gasteiger partial charge is 0.262 e. The Hall–Kier alpha value is -1.78. The first-order valence-electron chi connectivity index (χ1n) is 7.69. The molecule has 2 aromatic rings. The molecule has 0 bridgehead atoms. The van der Waals surface area contributed by atoms with E-state index in [-0.39, 0.29) is 17.5 Å². The van der Waals surface area contributed by atoms with Crippen LogP contribution in [-0.2, 0) is 21.4 Å². The van der Waals surface area contributed by atoms with Gasteiger partial charge in [-0.05, 0) is 19.8 Å². The Bertz CT molecular complexity index is 821. The second-order valence-corrected chi connectivity index (χ2v) is 8.43. The fraction of sp³-hybridized carbons (Fsp3) is 0.500. The normalized spacial score (nSPS) is 16.2. The zero-order valence-corrected chi connectivity index (χ0v) is 14.9. The van der Waals surface area contributed by atoms with Gasteiger partial charge in [-0.2, -0.15) is 4.31 Å². The Balaban J connectivity index is 1.65. The molecule has 24 heavy (non-hydrogen) atoms. The van der Waals surface area contributed by atoms with Gasteiger partial charge in [-0.15, -0.1) is 11.3 Å². The number of sulfonamides is 1. The Kier molecular flexibility index (Phi) is 4.97. The number of aromatic nitrogens is 3. The van der Waals surface area contributed by atoms with Crippen LogP contribution in [0.4, 0.5) is 5.13 Å². The van der Waals surface area contributed by atoms with Gasteiger partial charge in [-0.3, -0.25) is 4.79 Å². The number of carbonyl (C=O) groups excluding carboxylic acids is 1. The number of thiazole rings is 1. The topological polar surface area (TPSA) is 97.2 Å². The maximum absolute atomic E-state index is 12.5. The van der Waals surface area contributed by atoms with Crippen LogP contribution in [-0.4, -0.2) is 46.3 Å². The van der Waals surface area contributed by atoms with Gasteiger partial charge in [0, 0.05) is 24.7 Å². The Morgan fingerprint density at radius 1 is 1.33 bits per heavy atom. The van der Waals surface area contributed by atoms with E-state index >= 15 is 0 Å². The number of carbonyl (C=O) groups is 1. The first-order valence-corrected chi connectivity index (χ1v) is 10.0. The molecule has 3 rings (SSSR count). The van der Waals surface area contributed by atoms with Crippen molar-refractivity contribution >= 4 is 32.4 Å². The van der Waals surface area contributed by atoms with Gasteiger partial charge in [0.2, 0.25) is 5.91 Å². The minimum absolute atomic E-state index is 0.0118. The van der Waals surface area contributed by atoms with Crippen molar-refractivity contribution in [1.82, 2.24) is 18.8 Å². The summed E-state index contributed by atoms with van der Waals surface area (Å²) in [6.07, 6.45) is 5.56. The van der Waals surface area contributed by atoms with Crippen LogP contribution in [0.15, 0.2) is 22.9 Å². The van der Waals surface area contributed by atoms with Crippen molar-refractivity contribution in [2.24, 2.45) is 0 Å². The SMILES string of the molecule is Cc1csc(NC(=O)Cn2cnc(S(=O)(=O)N3CCCCC3)c2)n1. The summed E-state index contributed by atoms with van der Waals surface area (Å²) >= 11 is 1.35. The van der Waals surface area contributed by atoms with E-state index < -0.39 is 10.0 Å².